The zero-order valence-corrected chi connectivity index (χ0v) is 25.2. The van der Waals surface area contributed by atoms with Crippen molar-refractivity contribution in [3.05, 3.63) is 161 Å². The van der Waals surface area contributed by atoms with Crippen molar-refractivity contribution in [3.63, 3.8) is 0 Å². The highest BCUT2D eigenvalue weighted by atomic mass is 16.5. The molecule has 0 heterocycles. The third kappa shape index (κ3) is 5.06. The van der Waals surface area contributed by atoms with E-state index in [0.29, 0.717) is 0 Å². The normalized spacial score (nSPS) is 14.6. The van der Waals surface area contributed by atoms with E-state index < -0.39 is 5.41 Å². The lowest BCUT2D eigenvalue weighted by Crippen LogP contribution is -2.29. The van der Waals surface area contributed by atoms with E-state index in [1.807, 2.05) is 36.4 Å². The van der Waals surface area contributed by atoms with E-state index in [-0.39, 0.29) is 26.4 Å². The molecule has 4 nitrogen and oxygen atoms in total. The van der Waals surface area contributed by atoms with Gasteiger partial charge in [-0.05, 0) is 81.6 Å². The SMILES string of the molecule is OCCOc1ccc(C2(c3ccc(OCCO)c(-c4ccccc4)c3)C3=CCCC=C3c3ccccc32)cc1-c1ccccc1. The lowest BCUT2D eigenvalue weighted by molar-refractivity contribution is 0.202. The Bertz CT molecular complexity index is 1780. The number of benzene rings is 5. The largest absolute Gasteiger partial charge is 0.491 e. The molecule has 2 aliphatic carbocycles. The van der Waals surface area contributed by atoms with Crippen LogP contribution in [0.1, 0.15) is 35.1 Å². The molecule has 2 N–H and O–H groups in total. The monoisotopic (exact) mass is 592 g/mol. The van der Waals surface area contributed by atoms with Crippen LogP contribution in [0.3, 0.4) is 0 Å². The summed E-state index contributed by atoms with van der Waals surface area (Å²) in [4.78, 5) is 0. The molecular weight excluding hydrogens is 556 g/mol. The van der Waals surface area contributed by atoms with E-state index in [2.05, 4.69) is 97.1 Å². The highest BCUT2D eigenvalue weighted by Crippen LogP contribution is 2.59. The summed E-state index contributed by atoms with van der Waals surface area (Å²) >= 11 is 0. The summed E-state index contributed by atoms with van der Waals surface area (Å²) in [6.07, 6.45) is 6.80. The number of aliphatic hydroxyl groups is 2. The van der Waals surface area contributed by atoms with Crippen molar-refractivity contribution in [1.82, 2.24) is 0 Å². The maximum absolute atomic E-state index is 9.58. The molecule has 0 saturated carbocycles. The van der Waals surface area contributed by atoms with Crippen LogP contribution in [0, 0.1) is 0 Å². The molecule has 7 rings (SSSR count). The summed E-state index contributed by atoms with van der Waals surface area (Å²) in [7, 11) is 0. The molecular formula is C41H36O4. The summed E-state index contributed by atoms with van der Waals surface area (Å²) in [6.45, 7) is 0.338. The first kappa shape index (κ1) is 28.8. The Balaban J connectivity index is 1.54. The quantitative estimate of drug-likeness (QED) is 0.172. The number of hydrogen-bond donors (Lipinski definition) is 2. The Morgan fingerprint density at radius 3 is 1.60 bits per heavy atom. The van der Waals surface area contributed by atoms with Gasteiger partial charge in [-0.25, -0.2) is 0 Å². The molecule has 0 amide bonds. The lowest BCUT2D eigenvalue weighted by atomic mass is 9.66. The molecule has 0 unspecified atom stereocenters. The molecule has 224 valence electrons. The average molecular weight is 593 g/mol. The van der Waals surface area contributed by atoms with Crippen LogP contribution in [0.25, 0.3) is 27.8 Å². The molecule has 0 aliphatic heterocycles. The molecule has 45 heavy (non-hydrogen) atoms. The fourth-order valence-electron chi connectivity index (χ4n) is 7.04. The molecule has 5 aromatic rings. The molecule has 0 spiro atoms. The second kappa shape index (κ2) is 12.6. The summed E-state index contributed by atoms with van der Waals surface area (Å²) in [5, 5.41) is 19.2. The number of fused-ring (bicyclic) bond motifs is 3. The maximum Gasteiger partial charge on any atom is 0.127 e. The van der Waals surface area contributed by atoms with Crippen LogP contribution >= 0.6 is 0 Å². The molecule has 2 aliphatic rings. The molecule has 0 radical (unpaired) electrons. The summed E-state index contributed by atoms with van der Waals surface area (Å²) in [5.41, 5.74) is 10.9. The number of rotatable bonds is 10. The van der Waals surface area contributed by atoms with E-state index >= 15 is 0 Å². The van der Waals surface area contributed by atoms with Gasteiger partial charge in [-0.3, -0.25) is 0 Å². The van der Waals surface area contributed by atoms with Crippen LogP contribution < -0.4 is 9.47 Å². The molecule has 0 aromatic heterocycles. The highest BCUT2D eigenvalue weighted by molar-refractivity contribution is 5.95. The van der Waals surface area contributed by atoms with Crippen molar-refractivity contribution < 1.29 is 19.7 Å². The number of allylic oxidation sites excluding steroid dienone is 4. The fourth-order valence-corrected chi connectivity index (χ4v) is 7.04. The van der Waals surface area contributed by atoms with Crippen molar-refractivity contribution in [2.75, 3.05) is 26.4 Å². The van der Waals surface area contributed by atoms with Gasteiger partial charge in [0.05, 0.1) is 18.6 Å². The smallest absolute Gasteiger partial charge is 0.127 e. The molecule has 5 aromatic carbocycles. The first-order chi connectivity index (χ1) is 22.3. The minimum absolute atomic E-state index is 0.0543. The van der Waals surface area contributed by atoms with Gasteiger partial charge in [0.1, 0.15) is 24.7 Å². The second-order valence-electron chi connectivity index (χ2n) is 11.4. The van der Waals surface area contributed by atoms with Crippen LogP contribution in [0.5, 0.6) is 11.5 Å². The zero-order chi connectivity index (χ0) is 30.6. The predicted octanol–water partition coefficient (Wildman–Crippen LogP) is 8.21. The fraction of sp³-hybridized carbons (Fsp3) is 0.171. The van der Waals surface area contributed by atoms with Crippen molar-refractivity contribution in [3.8, 4) is 33.8 Å². The Kier molecular flexibility index (Phi) is 8.08. The van der Waals surface area contributed by atoms with Gasteiger partial charge in [-0.1, -0.05) is 109 Å². The Hall–Kier alpha value is -4.90. The van der Waals surface area contributed by atoms with Crippen LogP contribution in [0.2, 0.25) is 0 Å². The first-order valence-corrected chi connectivity index (χ1v) is 15.6. The number of hydrogen-bond acceptors (Lipinski definition) is 4. The lowest BCUT2D eigenvalue weighted by Gasteiger charge is -2.36. The number of ether oxygens (including phenoxy) is 2. The van der Waals surface area contributed by atoms with Gasteiger partial charge < -0.3 is 19.7 Å². The standard InChI is InChI=1S/C41H36O4/c42-23-25-44-39-21-19-31(27-35(39)29-11-3-1-4-12-29)41(37-17-9-7-15-33(37)34-16-8-10-18-38(34)41)32-20-22-40(45-26-24-43)36(28-32)30-13-5-2-6-14-30/h1-7,9,11-22,27-28,42-43H,8,10,23-26H2. The van der Waals surface area contributed by atoms with E-state index in [1.165, 1.54) is 22.3 Å². The average Bonchev–Trinajstić information content (AvgIpc) is 3.41. The molecule has 0 atom stereocenters. The predicted molar refractivity (Wildman–Crippen MR) is 181 cm³/mol. The van der Waals surface area contributed by atoms with E-state index in [1.54, 1.807) is 0 Å². The topological polar surface area (TPSA) is 58.9 Å². The van der Waals surface area contributed by atoms with E-state index in [4.69, 9.17) is 9.47 Å². The highest BCUT2D eigenvalue weighted by Gasteiger charge is 2.49. The minimum atomic E-state index is -0.596. The maximum atomic E-state index is 9.58. The summed E-state index contributed by atoms with van der Waals surface area (Å²) in [6, 6.07) is 42.4. The summed E-state index contributed by atoms with van der Waals surface area (Å²) < 4.78 is 12.2. The van der Waals surface area contributed by atoms with Gasteiger partial charge in [0.2, 0.25) is 0 Å². The van der Waals surface area contributed by atoms with E-state index in [0.717, 1.165) is 57.7 Å². The molecule has 0 saturated heterocycles. The van der Waals surface area contributed by atoms with Gasteiger partial charge >= 0.3 is 0 Å². The van der Waals surface area contributed by atoms with Crippen molar-refractivity contribution in [2.24, 2.45) is 0 Å². The molecule has 4 heteroatoms. The zero-order valence-electron chi connectivity index (χ0n) is 25.2. The van der Waals surface area contributed by atoms with Gasteiger partial charge in [-0.2, -0.15) is 0 Å². The second-order valence-corrected chi connectivity index (χ2v) is 11.4. The van der Waals surface area contributed by atoms with Gasteiger partial charge in [-0.15, -0.1) is 0 Å². The van der Waals surface area contributed by atoms with Crippen LogP contribution in [0.4, 0.5) is 0 Å². The van der Waals surface area contributed by atoms with Crippen molar-refractivity contribution >= 4 is 5.57 Å². The van der Waals surface area contributed by atoms with Crippen molar-refractivity contribution in [2.45, 2.75) is 18.3 Å². The molecule has 0 bridgehead atoms. The number of aliphatic hydroxyl groups excluding tert-OH is 2. The van der Waals surface area contributed by atoms with Gasteiger partial charge in [0.15, 0.2) is 0 Å². The third-order valence-corrected chi connectivity index (χ3v) is 8.87. The third-order valence-electron chi connectivity index (χ3n) is 8.87. The van der Waals surface area contributed by atoms with Gasteiger partial charge in [0.25, 0.3) is 0 Å². The first-order valence-electron chi connectivity index (χ1n) is 15.6. The summed E-state index contributed by atoms with van der Waals surface area (Å²) in [5.74, 6) is 1.48. The van der Waals surface area contributed by atoms with Crippen LogP contribution in [0.15, 0.2) is 139 Å². The Labute approximate surface area is 264 Å². The minimum Gasteiger partial charge on any atom is -0.491 e. The van der Waals surface area contributed by atoms with Crippen LogP contribution in [-0.4, -0.2) is 36.6 Å². The van der Waals surface area contributed by atoms with Crippen molar-refractivity contribution in [1.29, 1.82) is 0 Å². The Morgan fingerprint density at radius 1 is 0.533 bits per heavy atom. The van der Waals surface area contributed by atoms with Crippen LogP contribution in [-0.2, 0) is 5.41 Å². The van der Waals surface area contributed by atoms with E-state index in [9.17, 15) is 10.2 Å². The Morgan fingerprint density at radius 2 is 1.04 bits per heavy atom. The van der Waals surface area contributed by atoms with Gasteiger partial charge in [0, 0.05) is 11.1 Å². The molecule has 0 fully saturated rings.